The molecule has 4 heteroatoms. The molecule has 112 valence electrons. The minimum Gasteiger partial charge on any atom is -0.325 e. The number of nitrogens with one attached hydrogen (secondary N) is 1. The number of carbonyl (C=O) groups excluding carboxylic acids is 1. The van der Waals surface area contributed by atoms with Gasteiger partial charge in [-0.15, -0.1) is 0 Å². The van der Waals surface area contributed by atoms with Crippen LogP contribution >= 0.6 is 0 Å². The van der Waals surface area contributed by atoms with Crippen molar-refractivity contribution in [1.82, 2.24) is 4.90 Å². The fourth-order valence-corrected chi connectivity index (χ4v) is 3.07. The predicted molar refractivity (Wildman–Crippen MR) is 83.8 cm³/mol. The Morgan fingerprint density at radius 1 is 1.29 bits per heavy atom. The Hall–Kier alpha value is -1.86. The van der Waals surface area contributed by atoms with Gasteiger partial charge in [-0.1, -0.05) is 13.8 Å². The zero-order chi connectivity index (χ0) is 15.4. The monoisotopic (exact) mass is 285 g/mol. The van der Waals surface area contributed by atoms with Gasteiger partial charge in [0.2, 0.25) is 5.91 Å². The van der Waals surface area contributed by atoms with Gasteiger partial charge < -0.3 is 5.32 Å². The standard InChI is InChI=1S/C17H23N3O/c1-12-8-13(2)11-20(10-12)14(3)17(21)19-16-6-4-15(9-18)5-7-16/h4-7,12-14H,8,10-11H2,1-3H3,(H,19,21)/t12-,13-,14-/m0/s1. The molecule has 1 aromatic rings. The second-order valence-corrected chi connectivity index (χ2v) is 6.25. The number of amides is 1. The summed E-state index contributed by atoms with van der Waals surface area (Å²) < 4.78 is 0. The third-order valence-electron chi connectivity index (χ3n) is 4.11. The Balaban J connectivity index is 1.97. The highest BCUT2D eigenvalue weighted by atomic mass is 16.2. The highest BCUT2D eigenvalue weighted by Gasteiger charge is 2.28. The van der Waals surface area contributed by atoms with Gasteiger partial charge in [0.05, 0.1) is 17.7 Å². The Bertz CT molecular complexity index is 522. The molecule has 1 saturated heterocycles. The quantitative estimate of drug-likeness (QED) is 0.929. The van der Waals surface area contributed by atoms with Crippen LogP contribution in [-0.2, 0) is 4.79 Å². The average Bonchev–Trinajstić information content (AvgIpc) is 2.46. The van der Waals surface area contributed by atoms with Gasteiger partial charge in [-0.05, 0) is 49.4 Å². The molecule has 0 aromatic heterocycles. The zero-order valence-electron chi connectivity index (χ0n) is 13.0. The number of nitrogens with zero attached hydrogens (tertiary/aromatic N) is 2. The van der Waals surface area contributed by atoms with Gasteiger partial charge in [0, 0.05) is 18.8 Å². The lowest BCUT2D eigenvalue weighted by Crippen LogP contribution is -2.48. The summed E-state index contributed by atoms with van der Waals surface area (Å²) >= 11 is 0. The molecule has 1 aliphatic heterocycles. The molecule has 3 atom stereocenters. The lowest BCUT2D eigenvalue weighted by molar-refractivity contribution is -0.121. The van der Waals surface area contributed by atoms with Crippen LogP contribution < -0.4 is 5.32 Å². The fraction of sp³-hybridized carbons (Fsp3) is 0.529. The van der Waals surface area contributed by atoms with E-state index in [2.05, 4.69) is 30.1 Å². The molecule has 1 fully saturated rings. The van der Waals surface area contributed by atoms with Crippen LogP contribution in [0, 0.1) is 23.2 Å². The summed E-state index contributed by atoms with van der Waals surface area (Å²) in [5, 5.41) is 11.7. The first-order chi connectivity index (χ1) is 9.99. The maximum Gasteiger partial charge on any atom is 0.241 e. The van der Waals surface area contributed by atoms with Crippen molar-refractivity contribution >= 4 is 11.6 Å². The van der Waals surface area contributed by atoms with Crippen LogP contribution in [0.15, 0.2) is 24.3 Å². The molecule has 0 spiro atoms. The number of piperidine rings is 1. The fourth-order valence-electron chi connectivity index (χ4n) is 3.07. The van der Waals surface area contributed by atoms with E-state index in [-0.39, 0.29) is 11.9 Å². The number of anilines is 1. The normalized spacial score (nSPS) is 24.1. The van der Waals surface area contributed by atoms with E-state index in [1.807, 2.05) is 6.92 Å². The van der Waals surface area contributed by atoms with Crippen molar-refractivity contribution in [2.24, 2.45) is 11.8 Å². The maximum atomic E-state index is 12.4. The number of carbonyl (C=O) groups is 1. The lowest BCUT2D eigenvalue weighted by Gasteiger charge is -2.38. The van der Waals surface area contributed by atoms with E-state index in [1.165, 1.54) is 6.42 Å². The van der Waals surface area contributed by atoms with Crippen molar-refractivity contribution in [3.8, 4) is 6.07 Å². The minimum absolute atomic E-state index is 0.0148. The van der Waals surface area contributed by atoms with Crippen LogP contribution in [0.25, 0.3) is 0 Å². The summed E-state index contributed by atoms with van der Waals surface area (Å²) in [5.41, 5.74) is 1.34. The molecular weight excluding hydrogens is 262 g/mol. The topological polar surface area (TPSA) is 56.1 Å². The number of benzene rings is 1. The summed E-state index contributed by atoms with van der Waals surface area (Å²) in [6.07, 6.45) is 1.24. The van der Waals surface area contributed by atoms with E-state index in [1.54, 1.807) is 24.3 Å². The highest BCUT2D eigenvalue weighted by Crippen LogP contribution is 2.23. The first kappa shape index (κ1) is 15.5. The van der Waals surface area contributed by atoms with Crippen LogP contribution in [0.1, 0.15) is 32.8 Å². The van der Waals surface area contributed by atoms with Crippen LogP contribution in [0.5, 0.6) is 0 Å². The van der Waals surface area contributed by atoms with E-state index >= 15 is 0 Å². The molecule has 4 nitrogen and oxygen atoms in total. The first-order valence-corrected chi connectivity index (χ1v) is 7.54. The maximum absolute atomic E-state index is 12.4. The van der Waals surface area contributed by atoms with Crippen molar-refractivity contribution in [1.29, 1.82) is 5.26 Å². The number of rotatable bonds is 3. The molecule has 2 rings (SSSR count). The molecule has 0 saturated carbocycles. The van der Waals surface area contributed by atoms with Crippen molar-refractivity contribution in [3.63, 3.8) is 0 Å². The third-order valence-corrected chi connectivity index (χ3v) is 4.11. The molecule has 0 bridgehead atoms. The number of hydrogen-bond acceptors (Lipinski definition) is 3. The van der Waals surface area contributed by atoms with Gasteiger partial charge in [0.15, 0.2) is 0 Å². The molecule has 1 aliphatic rings. The van der Waals surface area contributed by atoms with E-state index in [4.69, 9.17) is 5.26 Å². The van der Waals surface area contributed by atoms with Crippen LogP contribution in [-0.4, -0.2) is 29.9 Å². The van der Waals surface area contributed by atoms with Crippen LogP contribution in [0.2, 0.25) is 0 Å². The van der Waals surface area contributed by atoms with Crippen LogP contribution in [0.3, 0.4) is 0 Å². The SMILES string of the molecule is C[C@H]1C[C@H](C)CN([C@@H](C)C(=O)Nc2ccc(C#N)cc2)C1. The Kier molecular flexibility index (Phi) is 4.98. The zero-order valence-corrected chi connectivity index (χ0v) is 13.0. The molecule has 1 heterocycles. The largest absolute Gasteiger partial charge is 0.325 e. The smallest absolute Gasteiger partial charge is 0.241 e. The van der Waals surface area contributed by atoms with Crippen molar-refractivity contribution in [2.75, 3.05) is 18.4 Å². The second kappa shape index (κ2) is 6.73. The Morgan fingerprint density at radius 2 is 1.86 bits per heavy atom. The summed E-state index contributed by atoms with van der Waals surface area (Å²) in [4.78, 5) is 14.6. The van der Waals surface area contributed by atoms with Gasteiger partial charge in [0.1, 0.15) is 0 Å². The molecule has 0 radical (unpaired) electrons. The molecule has 1 amide bonds. The highest BCUT2D eigenvalue weighted by molar-refractivity contribution is 5.94. The second-order valence-electron chi connectivity index (χ2n) is 6.25. The summed E-state index contributed by atoms with van der Waals surface area (Å²) in [6, 6.07) is 8.90. The summed E-state index contributed by atoms with van der Waals surface area (Å²) in [5.74, 6) is 1.29. The van der Waals surface area contributed by atoms with Gasteiger partial charge in [0.25, 0.3) is 0 Å². The van der Waals surface area contributed by atoms with Gasteiger partial charge in [-0.2, -0.15) is 5.26 Å². The average molecular weight is 285 g/mol. The van der Waals surface area contributed by atoms with Crippen molar-refractivity contribution in [3.05, 3.63) is 29.8 Å². The van der Waals surface area contributed by atoms with E-state index in [9.17, 15) is 4.79 Å². The summed E-state index contributed by atoms with van der Waals surface area (Å²) in [7, 11) is 0. The molecule has 1 N–H and O–H groups in total. The lowest BCUT2D eigenvalue weighted by atomic mass is 9.91. The Labute approximate surface area is 126 Å². The Morgan fingerprint density at radius 3 is 2.38 bits per heavy atom. The van der Waals surface area contributed by atoms with Crippen molar-refractivity contribution < 1.29 is 4.79 Å². The summed E-state index contributed by atoms with van der Waals surface area (Å²) in [6.45, 7) is 8.41. The number of hydrogen-bond donors (Lipinski definition) is 1. The minimum atomic E-state index is -0.133. The van der Waals surface area contributed by atoms with E-state index in [0.717, 1.165) is 18.8 Å². The molecular formula is C17H23N3O. The molecule has 0 unspecified atom stereocenters. The molecule has 1 aromatic carbocycles. The van der Waals surface area contributed by atoms with E-state index in [0.29, 0.717) is 17.4 Å². The predicted octanol–water partition coefficient (Wildman–Crippen LogP) is 2.86. The third kappa shape index (κ3) is 4.05. The van der Waals surface area contributed by atoms with Gasteiger partial charge >= 0.3 is 0 Å². The van der Waals surface area contributed by atoms with Gasteiger partial charge in [-0.3, -0.25) is 9.69 Å². The number of likely N-dealkylation sites (tertiary alicyclic amines) is 1. The van der Waals surface area contributed by atoms with Crippen LogP contribution in [0.4, 0.5) is 5.69 Å². The number of nitriles is 1. The van der Waals surface area contributed by atoms with E-state index < -0.39 is 0 Å². The van der Waals surface area contributed by atoms with Crippen molar-refractivity contribution in [2.45, 2.75) is 33.2 Å². The molecule has 0 aliphatic carbocycles. The molecule has 21 heavy (non-hydrogen) atoms. The first-order valence-electron chi connectivity index (χ1n) is 7.54. The van der Waals surface area contributed by atoms with Gasteiger partial charge in [-0.25, -0.2) is 0 Å².